The standard InChI is InChI=1S/C45H74O5/c1-3-5-7-9-11-13-15-16-17-18-19-20-21-22-23-24-25-26-27-28-30-32-34-36-38-40-45(48)50-43(41-46)42-49-44(47)39-37-35-33-31-29-14-12-10-8-6-4-2/h5,7,11,13,16-17,19-20,22-23,25-26,28,30,43,46H,3-4,6,8-10,12,14-15,18,21,24,27,29,31-42H2,1-2H3/b7-5-,13-11-,17-16-,20-19-,23-22-,26-25-,30-28-. The van der Waals surface area contributed by atoms with Crippen LogP contribution in [0.25, 0.3) is 0 Å². The Labute approximate surface area is 307 Å². The molecule has 50 heavy (non-hydrogen) atoms. The first-order chi connectivity index (χ1) is 24.6. The van der Waals surface area contributed by atoms with Crippen LogP contribution in [0.15, 0.2) is 85.1 Å². The van der Waals surface area contributed by atoms with E-state index in [-0.39, 0.29) is 25.2 Å². The molecule has 0 aliphatic rings. The fourth-order valence-corrected chi connectivity index (χ4v) is 5.18. The summed E-state index contributed by atoms with van der Waals surface area (Å²) in [5.74, 6) is -0.636. The van der Waals surface area contributed by atoms with E-state index in [1.165, 1.54) is 51.4 Å². The molecule has 0 saturated heterocycles. The van der Waals surface area contributed by atoms with E-state index in [9.17, 15) is 14.7 Å². The lowest BCUT2D eigenvalue weighted by Gasteiger charge is -2.15. The predicted molar refractivity (Wildman–Crippen MR) is 214 cm³/mol. The molecular weight excluding hydrogens is 620 g/mol. The van der Waals surface area contributed by atoms with Gasteiger partial charge in [0.25, 0.3) is 0 Å². The SMILES string of the molecule is CC/C=C\C/C=C\C/C=C\C/C=C\C/C=C\C/C=C\C/C=C\CCCCCC(=O)OC(CO)COC(=O)CCCCCCCCCCCCC. The van der Waals surface area contributed by atoms with Crippen LogP contribution < -0.4 is 0 Å². The summed E-state index contributed by atoms with van der Waals surface area (Å²) < 4.78 is 10.6. The van der Waals surface area contributed by atoms with E-state index in [0.29, 0.717) is 12.8 Å². The van der Waals surface area contributed by atoms with Crippen LogP contribution in [0.1, 0.15) is 168 Å². The number of ether oxygens (including phenoxy) is 2. The number of carbonyl (C=O) groups is 2. The highest BCUT2D eigenvalue weighted by atomic mass is 16.6. The van der Waals surface area contributed by atoms with Gasteiger partial charge < -0.3 is 14.6 Å². The number of rotatable bonds is 35. The minimum Gasteiger partial charge on any atom is -0.462 e. The molecule has 0 aromatic rings. The van der Waals surface area contributed by atoms with Crippen molar-refractivity contribution in [2.45, 2.75) is 174 Å². The molecule has 284 valence electrons. The Morgan fingerprint density at radius 1 is 0.480 bits per heavy atom. The molecule has 5 nitrogen and oxygen atoms in total. The number of carbonyl (C=O) groups excluding carboxylic acids is 2. The molecule has 0 heterocycles. The number of aliphatic hydroxyl groups is 1. The highest BCUT2D eigenvalue weighted by molar-refractivity contribution is 5.70. The van der Waals surface area contributed by atoms with Gasteiger partial charge in [-0.1, -0.05) is 170 Å². The van der Waals surface area contributed by atoms with E-state index in [2.05, 4.69) is 98.9 Å². The molecular formula is C45H74O5. The van der Waals surface area contributed by atoms with E-state index >= 15 is 0 Å². The first-order valence-electron chi connectivity index (χ1n) is 20.1. The summed E-state index contributed by atoms with van der Waals surface area (Å²) in [4.78, 5) is 24.2. The van der Waals surface area contributed by atoms with Crippen LogP contribution >= 0.6 is 0 Å². The number of allylic oxidation sites excluding steroid dienone is 14. The van der Waals surface area contributed by atoms with Crippen molar-refractivity contribution >= 4 is 11.9 Å². The van der Waals surface area contributed by atoms with E-state index in [1.54, 1.807) is 0 Å². The molecule has 0 spiro atoms. The molecule has 1 unspecified atom stereocenters. The Hall–Kier alpha value is -2.92. The minimum atomic E-state index is -0.791. The average Bonchev–Trinajstić information content (AvgIpc) is 3.12. The second kappa shape index (κ2) is 40.5. The maximum Gasteiger partial charge on any atom is 0.306 e. The maximum absolute atomic E-state index is 12.2. The highest BCUT2D eigenvalue weighted by Crippen LogP contribution is 2.12. The van der Waals surface area contributed by atoms with Crippen LogP contribution in [0, 0.1) is 0 Å². The molecule has 5 heteroatoms. The summed E-state index contributed by atoms with van der Waals surface area (Å²) in [5.41, 5.74) is 0. The lowest BCUT2D eigenvalue weighted by Crippen LogP contribution is -2.28. The molecule has 0 rings (SSSR count). The highest BCUT2D eigenvalue weighted by Gasteiger charge is 2.16. The van der Waals surface area contributed by atoms with E-state index < -0.39 is 6.10 Å². The Morgan fingerprint density at radius 3 is 1.30 bits per heavy atom. The smallest absolute Gasteiger partial charge is 0.306 e. The molecule has 0 aromatic carbocycles. The van der Waals surface area contributed by atoms with Crippen molar-refractivity contribution in [3.63, 3.8) is 0 Å². The second-order valence-corrected chi connectivity index (χ2v) is 13.0. The molecule has 0 bridgehead atoms. The van der Waals surface area contributed by atoms with Crippen molar-refractivity contribution in [3.8, 4) is 0 Å². The number of esters is 2. The molecule has 0 aliphatic carbocycles. The fourth-order valence-electron chi connectivity index (χ4n) is 5.18. The predicted octanol–water partition coefficient (Wildman–Crippen LogP) is 12.7. The fraction of sp³-hybridized carbons (Fsp3) is 0.644. The van der Waals surface area contributed by atoms with Gasteiger partial charge in [0.05, 0.1) is 6.61 Å². The molecule has 0 aromatic heterocycles. The van der Waals surface area contributed by atoms with Crippen LogP contribution in [0.5, 0.6) is 0 Å². The summed E-state index contributed by atoms with van der Waals surface area (Å²) in [6.07, 6.45) is 55.0. The third kappa shape index (κ3) is 37.9. The summed E-state index contributed by atoms with van der Waals surface area (Å²) in [7, 11) is 0. The summed E-state index contributed by atoms with van der Waals surface area (Å²) in [6.45, 7) is 3.97. The van der Waals surface area contributed by atoms with Crippen molar-refractivity contribution in [1.82, 2.24) is 0 Å². The average molecular weight is 695 g/mol. The zero-order valence-corrected chi connectivity index (χ0v) is 32.1. The van der Waals surface area contributed by atoms with Gasteiger partial charge in [0.1, 0.15) is 6.61 Å². The topological polar surface area (TPSA) is 72.8 Å². The molecule has 1 atom stereocenters. The molecule has 0 aliphatic heterocycles. The van der Waals surface area contributed by atoms with Gasteiger partial charge in [-0.25, -0.2) is 0 Å². The van der Waals surface area contributed by atoms with Crippen molar-refractivity contribution in [1.29, 1.82) is 0 Å². The number of aliphatic hydroxyl groups excluding tert-OH is 1. The van der Waals surface area contributed by atoms with Gasteiger partial charge in [0.2, 0.25) is 0 Å². The van der Waals surface area contributed by atoms with Crippen molar-refractivity contribution in [3.05, 3.63) is 85.1 Å². The summed E-state index contributed by atoms with van der Waals surface area (Å²) in [6, 6.07) is 0. The lowest BCUT2D eigenvalue weighted by atomic mass is 10.1. The zero-order valence-electron chi connectivity index (χ0n) is 32.1. The molecule has 0 saturated carbocycles. The van der Waals surface area contributed by atoms with E-state index in [0.717, 1.165) is 89.9 Å². The number of hydrogen-bond acceptors (Lipinski definition) is 5. The largest absolute Gasteiger partial charge is 0.462 e. The quantitative estimate of drug-likeness (QED) is 0.0406. The zero-order chi connectivity index (χ0) is 36.4. The Morgan fingerprint density at radius 2 is 0.860 bits per heavy atom. The monoisotopic (exact) mass is 695 g/mol. The van der Waals surface area contributed by atoms with Crippen LogP contribution in [0.4, 0.5) is 0 Å². The van der Waals surface area contributed by atoms with Gasteiger partial charge in [0, 0.05) is 12.8 Å². The van der Waals surface area contributed by atoms with Crippen LogP contribution in [-0.2, 0) is 19.1 Å². The second-order valence-electron chi connectivity index (χ2n) is 13.0. The van der Waals surface area contributed by atoms with E-state index in [4.69, 9.17) is 9.47 Å². The van der Waals surface area contributed by atoms with Gasteiger partial charge in [-0.15, -0.1) is 0 Å². The first kappa shape index (κ1) is 47.1. The molecule has 0 radical (unpaired) electrons. The van der Waals surface area contributed by atoms with Gasteiger partial charge in [-0.05, 0) is 70.6 Å². The van der Waals surface area contributed by atoms with Gasteiger partial charge in [0.15, 0.2) is 6.10 Å². The van der Waals surface area contributed by atoms with Gasteiger partial charge >= 0.3 is 11.9 Å². The Kier molecular flexibility index (Phi) is 38.1. The van der Waals surface area contributed by atoms with Gasteiger partial charge in [-0.3, -0.25) is 9.59 Å². The summed E-state index contributed by atoms with van der Waals surface area (Å²) in [5, 5.41) is 9.54. The van der Waals surface area contributed by atoms with Crippen molar-refractivity contribution < 1.29 is 24.2 Å². The minimum absolute atomic E-state index is 0.0827. The number of unbranched alkanes of at least 4 members (excludes halogenated alkanes) is 13. The van der Waals surface area contributed by atoms with E-state index in [1.807, 2.05) is 0 Å². The van der Waals surface area contributed by atoms with Crippen LogP contribution in [0.2, 0.25) is 0 Å². The maximum atomic E-state index is 12.2. The van der Waals surface area contributed by atoms with Crippen molar-refractivity contribution in [2.75, 3.05) is 13.2 Å². The van der Waals surface area contributed by atoms with Crippen LogP contribution in [-0.4, -0.2) is 36.4 Å². The first-order valence-corrected chi connectivity index (χ1v) is 20.1. The van der Waals surface area contributed by atoms with Crippen LogP contribution in [0.3, 0.4) is 0 Å². The molecule has 1 N–H and O–H groups in total. The summed E-state index contributed by atoms with van der Waals surface area (Å²) >= 11 is 0. The van der Waals surface area contributed by atoms with Gasteiger partial charge in [-0.2, -0.15) is 0 Å². The third-order valence-corrected chi connectivity index (χ3v) is 8.20. The normalized spacial score (nSPS) is 13.1. The van der Waals surface area contributed by atoms with Crippen molar-refractivity contribution in [2.24, 2.45) is 0 Å². The number of hydrogen-bond donors (Lipinski definition) is 1. The lowest BCUT2D eigenvalue weighted by molar-refractivity contribution is -0.161. The Bertz CT molecular complexity index is 968. The molecule has 0 amide bonds. The third-order valence-electron chi connectivity index (χ3n) is 8.20. The Balaban J connectivity index is 3.69. The molecule has 0 fully saturated rings.